The van der Waals surface area contributed by atoms with E-state index in [1.807, 2.05) is 0 Å². The molecule has 0 saturated carbocycles. The summed E-state index contributed by atoms with van der Waals surface area (Å²) in [6.45, 7) is 9.56. The molecular formula is C13H27NO2. The summed E-state index contributed by atoms with van der Waals surface area (Å²) in [4.78, 5) is 11.5. The third-order valence-corrected chi connectivity index (χ3v) is 2.54. The molecule has 0 heterocycles. The van der Waals surface area contributed by atoms with Gasteiger partial charge < -0.3 is 10.1 Å². The van der Waals surface area contributed by atoms with Crippen LogP contribution in [-0.4, -0.2) is 25.7 Å². The maximum Gasteiger partial charge on any atom is 0.322 e. The molecule has 0 saturated heterocycles. The van der Waals surface area contributed by atoms with E-state index in [4.69, 9.17) is 4.74 Å². The van der Waals surface area contributed by atoms with Gasteiger partial charge in [0, 0.05) is 0 Å². The highest BCUT2D eigenvalue weighted by atomic mass is 16.5. The van der Waals surface area contributed by atoms with Crippen LogP contribution in [0, 0.1) is 11.8 Å². The van der Waals surface area contributed by atoms with Crippen LogP contribution in [-0.2, 0) is 9.53 Å². The Balaban J connectivity index is 3.88. The summed E-state index contributed by atoms with van der Waals surface area (Å²) in [5.41, 5.74) is 0. The van der Waals surface area contributed by atoms with Gasteiger partial charge in [-0.1, -0.05) is 27.7 Å². The SMILES string of the molecule is COC(=O)[C@H](CC(C)C)NCCCC(C)C. The first-order chi connectivity index (χ1) is 7.47. The Kier molecular flexibility index (Phi) is 8.26. The molecule has 0 aliphatic rings. The molecule has 0 aliphatic heterocycles. The van der Waals surface area contributed by atoms with Crippen molar-refractivity contribution in [3.8, 4) is 0 Å². The monoisotopic (exact) mass is 229 g/mol. The van der Waals surface area contributed by atoms with Crippen LogP contribution in [0.5, 0.6) is 0 Å². The van der Waals surface area contributed by atoms with E-state index in [-0.39, 0.29) is 12.0 Å². The zero-order valence-corrected chi connectivity index (χ0v) is 11.4. The third-order valence-electron chi connectivity index (χ3n) is 2.54. The lowest BCUT2D eigenvalue weighted by atomic mass is 10.0. The summed E-state index contributed by atoms with van der Waals surface area (Å²) < 4.78 is 4.79. The minimum absolute atomic E-state index is 0.141. The lowest BCUT2D eigenvalue weighted by Gasteiger charge is -2.18. The zero-order chi connectivity index (χ0) is 12.6. The fraction of sp³-hybridized carbons (Fsp3) is 0.923. The second-order valence-electron chi connectivity index (χ2n) is 5.20. The van der Waals surface area contributed by atoms with Gasteiger partial charge in [-0.25, -0.2) is 0 Å². The Hall–Kier alpha value is -0.570. The van der Waals surface area contributed by atoms with Crippen LogP contribution in [0.3, 0.4) is 0 Å². The Morgan fingerprint density at radius 3 is 2.25 bits per heavy atom. The Labute approximate surface area is 99.9 Å². The summed E-state index contributed by atoms with van der Waals surface area (Å²) >= 11 is 0. The predicted octanol–water partition coefficient (Wildman–Crippen LogP) is 2.60. The molecule has 0 aromatic heterocycles. The zero-order valence-electron chi connectivity index (χ0n) is 11.4. The average Bonchev–Trinajstić information content (AvgIpc) is 2.20. The van der Waals surface area contributed by atoms with Gasteiger partial charge in [0.2, 0.25) is 0 Å². The molecule has 0 fully saturated rings. The minimum Gasteiger partial charge on any atom is -0.468 e. The standard InChI is InChI=1S/C13H27NO2/c1-10(2)7-6-8-14-12(9-11(3)4)13(15)16-5/h10-12,14H,6-9H2,1-5H3/t12-/m0/s1. The highest BCUT2D eigenvalue weighted by molar-refractivity contribution is 5.75. The number of ether oxygens (including phenoxy) is 1. The van der Waals surface area contributed by atoms with Gasteiger partial charge in [-0.3, -0.25) is 4.79 Å². The molecule has 16 heavy (non-hydrogen) atoms. The van der Waals surface area contributed by atoms with Gasteiger partial charge in [0.25, 0.3) is 0 Å². The Bertz CT molecular complexity index is 190. The van der Waals surface area contributed by atoms with Crippen molar-refractivity contribution >= 4 is 5.97 Å². The van der Waals surface area contributed by atoms with Crippen LogP contribution < -0.4 is 5.32 Å². The number of esters is 1. The smallest absolute Gasteiger partial charge is 0.322 e. The molecule has 96 valence electrons. The van der Waals surface area contributed by atoms with Gasteiger partial charge in [0.05, 0.1) is 7.11 Å². The topological polar surface area (TPSA) is 38.3 Å². The molecule has 1 N–H and O–H groups in total. The van der Waals surface area contributed by atoms with Crippen LogP contribution in [0.1, 0.15) is 47.0 Å². The first kappa shape index (κ1) is 15.4. The van der Waals surface area contributed by atoms with Crippen molar-refractivity contribution in [3.05, 3.63) is 0 Å². The summed E-state index contributed by atoms with van der Waals surface area (Å²) in [5.74, 6) is 1.09. The lowest BCUT2D eigenvalue weighted by Crippen LogP contribution is -2.39. The maximum absolute atomic E-state index is 11.5. The van der Waals surface area contributed by atoms with Crippen molar-refractivity contribution in [2.75, 3.05) is 13.7 Å². The van der Waals surface area contributed by atoms with E-state index in [0.717, 1.165) is 25.3 Å². The molecule has 0 amide bonds. The predicted molar refractivity (Wildman–Crippen MR) is 67.3 cm³/mol. The lowest BCUT2D eigenvalue weighted by molar-refractivity contribution is -0.143. The van der Waals surface area contributed by atoms with Gasteiger partial charge in [-0.15, -0.1) is 0 Å². The first-order valence-electron chi connectivity index (χ1n) is 6.28. The quantitative estimate of drug-likeness (QED) is 0.513. The number of carbonyl (C=O) groups is 1. The van der Waals surface area contributed by atoms with Crippen molar-refractivity contribution in [1.29, 1.82) is 0 Å². The van der Waals surface area contributed by atoms with E-state index in [2.05, 4.69) is 33.0 Å². The molecular weight excluding hydrogens is 202 g/mol. The Morgan fingerprint density at radius 1 is 1.19 bits per heavy atom. The van der Waals surface area contributed by atoms with E-state index in [9.17, 15) is 4.79 Å². The fourth-order valence-corrected chi connectivity index (χ4v) is 1.66. The van der Waals surface area contributed by atoms with Gasteiger partial charge in [-0.05, 0) is 37.6 Å². The summed E-state index contributed by atoms with van der Waals surface area (Å²) in [6, 6.07) is -0.142. The Morgan fingerprint density at radius 2 is 1.81 bits per heavy atom. The fourth-order valence-electron chi connectivity index (χ4n) is 1.66. The molecule has 0 aromatic rings. The van der Waals surface area contributed by atoms with Gasteiger partial charge in [-0.2, -0.15) is 0 Å². The van der Waals surface area contributed by atoms with Crippen LogP contribution in [0.4, 0.5) is 0 Å². The van der Waals surface area contributed by atoms with Crippen molar-refractivity contribution in [1.82, 2.24) is 5.32 Å². The van der Waals surface area contributed by atoms with Crippen molar-refractivity contribution in [2.24, 2.45) is 11.8 Å². The van der Waals surface area contributed by atoms with Crippen LogP contribution in [0.15, 0.2) is 0 Å². The molecule has 3 nitrogen and oxygen atoms in total. The number of carbonyl (C=O) groups excluding carboxylic acids is 1. The normalized spacial score (nSPS) is 13.2. The number of methoxy groups -OCH3 is 1. The highest BCUT2D eigenvalue weighted by Crippen LogP contribution is 2.07. The number of rotatable bonds is 8. The third kappa shape index (κ3) is 7.69. The van der Waals surface area contributed by atoms with Crippen LogP contribution in [0.25, 0.3) is 0 Å². The molecule has 0 aliphatic carbocycles. The molecule has 0 unspecified atom stereocenters. The second kappa shape index (κ2) is 8.57. The van der Waals surface area contributed by atoms with E-state index in [0.29, 0.717) is 5.92 Å². The largest absolute Gasteiger partial charge is 0.468 e. The molecule has 3 heteroatoms. The van der Waals surface area contributed by atoms with Crippen molar-refractivity contribution in [3.63, 3.8) is 0 Å². The number of nitrogens with one attached hydrogen (secondary N) is 1. The van der Waals surface area contributed by atoms with Gasteiger partial charge >= 0.3 is 5.97 Å². The minimum atomic E-state index is -0.142. The van der Waals surface area contributed by atoms with E-state index in [1.54, 1.807) is 0 Å². The van der Waals surface area contributed by atoms with Crippen LogP contribution >= 0.6 is 0 Å². The molecule has 0 rings (SSSR count). The number of hydrogen-bond acceptors (Lipinski definition) is 3. The number of hydrogen-bond donors (Lipinski definition) is 1. The van der Waals surface area contributed by atoms with E-state index < -0.39 is 0 Å². The van der Waals surface area contributed by atoms with Crippen molar-refractivity contribution < 1.29 is 9.53 Å². The summed E-state index contributed by atoms with van der Waals surface area (Å²) in [7, 11) is 1.45. The van der Waals surface area contributed by atoms with Crippen molar-refractivity contribution in [2.45, 2.75) is 53.0 Å². The molecule has 0 bridgehead atoms. The van der Waals surface area contributed by atoms with E-state index >= 15 is 0 Å². The van der Waals surface area contributed by atoms with Gasteiger partial charge in [0.15, 0.2) is 0 Å². The maximum atomic E-state index is 11.5. The first-order valence-corrected chi connectivity index (χ1v) is 6.28. The van der Waals surface area contributed by atoms with Crippen LogP contribution in [0.2, 0.25) is 0 Å². The van der Waals surface area contributed by atoms with E-state index in [1.165, 1.54) is 13.5 Å². The van der Waals surface area contributed by atoms with Gasteiger partial charge in [0.1, 0.15) is 6.04 Å². The highest BCUT2D eigenvalue weighted by Gasteiger charge is 2.19. The summed E-state index contributed by atoms with van der Waals surface area (Å²) in [5, 5.41) is 3.28. The second-order valence-corrected chi connectivity index (χ2v) is 5.20. The summed E-state index contributed by atoms with van der Waals surface area (Å²) in [6.07, 6.45) is 3.15. The molecule has 0 spiro atoms. The average molecular weight is 229 g/mol. The molecule has 0 radical (unpaired) electrons. The molecule has 0 aromatic carbocycles. The molecule has 1 atom stereocenters.